The molecule has 3 fully saturated rings. The van der Waals surface area contributed by atoms with Gasteiger partial charge in [0.2, 0.25) is 5.91 Å². The summed E-state index contributed by atoms with van der Waals surface area (Å²) < 4.78 is 5.28. The largest absolute Gasteiger partial charge is 0.378 e. The molecule has 1 amide bonds. The molecule has 2 aliphatic carbocycles. The summed E-state index contributed by atoms with van der Waals surface area (Å²) in [5.74, 6) is 2.29. The van der Waals surface area contributed by atoms with Crippen LogP contribution in [0.2, 0.25) is 0 Å². The van der Waals surface area contributed by atoms with Gasteiger partial charge < -0.3 is 15.0 Å². The lowest BCUT2D eigenvalue weighted by Gasteiger charge is -2.30. The summed E-state index contributed by atoms with van der Waals surface area (Å²) in [6.45, 7) is 3.78. The highest BCUT2D eigenvalue weighted by atomic mass is 16.5. The smallest absolute Gasteiger partial charge is 0.224 e. The molecule has 20 heavy (non-hydrogen) atoms. The van der Waals surface area contributed by atoms with Crippen LogP contribution >= 0.6 is 0 Å². The molecule has 0 radical (unpaired) electrons. The van der Waals surface area contributed by atoms with E-state index in [9.17, 15) is 4.79 Å². The molecular weight excluding hydrogens is 252 g/mol. The Balaban J connectivity index is 1.33. The molecule has 1 N–H and O–H groups in total. The number of rotatable bonds is 5. The van der Waals surface area contributed by atoms with Crippen molar-refractivity contribution in [1.29, 1.82) is 0 Å². The minimum absolute atomic E-state index is 0.287. The molecule has 1 heterocycles. The van der Waals surface area contributed by atoms with Crippen LogP contribution in [0.3, 0.4) is 0 Å². The summed E-state index contributed by atoms with van der Waals surface area (Å²) in [6.07, 6.45) is 9.03. The van der Waals surface area contributed by atoms with E-state index in [4.69, 9.17) is 4.74 Å². The van der Waals surface area contributed by atoms with Crippen molar-refractivity contribution in [3.05, 3.63) is 0 Å². The summed E-state index contributed by atoms with van der Waals surface area (Å²) in [4.78, 5) is 14.0. The van der Waals surface area contributed by atoms with E-state index in [-0.39, 0.29) is 5.91 Å². The Kier molecular flexibility index (Phi) is 4.94. The third-order valence-corrected chi connectivity index (χ3v) is 5.14. The fourth-order valence-corrected chi connectivity index (χ4v) is 3.76. The predicted molar refractivity (Wildman–Crippen MR) is 78.5 cm³/mol. The maximum atomic E-state index is 12.1. The first-order valence-electron chi connectivity index (χ1n) is 8.42. The van der Waals surface area contributed by atoms with Gasteiger partial charge in [-0.05, 0) is 37.5 Å². The molecule has 114 valence electrons. The van der Waals surface area contributed by atoms with Crippen LogP contribution in [-0.4, -0.2) is 49.7 Å². The second-order valence-corrected chi connectivity index (χ2v) is 6.66. The van der Waals surface area contributed by atoms with Crippen molar-refractivity contribution in [3.8, 4) is 0 Å². The molecule has 0 bridgehead atoms. The van der Waals surface area contributed by atoms with Crippen molar-refractivity contribution < 1.29 is 9.53 Å². The zero-order chi connectivity index (χ0) is 13.8. The number of amides is 1. The number of ether oxygens (including phenoxy) is 1. The lowest BCUT2D eigenvalue weighted by molar-refractivity contribution is -0.135. The highest BCUT2D eigenvalue weighted by molar-refractivity contribution is 5.76. The monoisotopic (exact) mass is 280 g/mol. The average Bonchev–Trinajstić information content (AvgIpc) is 3.33. The number of nitrogens with zero attached hydrogens (tertiary/aromatic N) is 1. The van der Waals surface area contributed by atoms with E-state index in [1.807, 2.05) is 4.90 Å². The zero-order valence-electron chi connectivity index (χ0n) is 12.5. The van der Waals surface area contributed by atoms with Crippen molar-refractivity contribution >= 4 is 5.91 Å². The van der Waals surface area contributed by atoms with E-state index in [0.29, 0.717) is 25.7 Å². The van der Waals surface area contributed by atoms with Gasteiger partial charge >= 0.3 is 0 Å². The molecule has 0 aromatic carbocycles. The van der Waals surface area contributed by atoms with Crippen LogP contribution in [0.1, 0.15) is 44.9 Å². The van der Waals surface area contributed by atoms with Crippen LogP contribution in [0.15, 0.2) is 0 Å². The van der Waals surface area contributed by atoms with Crippen LogP contribution in [0.25, 0.3) is 0 Å². The topological polar surface area (TPSA) is 41.6 Å². The zero-order valence-corrected chi connectivity index (χ0v) is 12.5. The lowest BCUT2D eigenvalue weighted by atomic mass is 9.83. The number of hydrogen-bond acceptors (Lipinski definition) is 3. The minimum atomic E-state index is 0.287. The summed E-state index contributed by atoms with van der Waals surface area (Å²) >= 11 is 0. The Morgan fingerprint density at radius 1 is 1.10 bits per heavy atom. The van der Waals surface area contributed by atoms with E-state index >= 15 is 0 Å². The minimum Gasteiger partial charge on any atom is -0.378 e. The van der Waals surface area contributed by atoms with Gasteiger partial charge in [0.1, 0.15) is 0 Å². The third kappa shape index (κ3) is 3.95. The molecule has 0 aromatic heterocycles. The molecule has 4 heteroatoms. The summed E-state index contributed by atoms with van der Waals surface area (Å²) in [7, 11) is 0. The first-order chi connectivity index (χ1) is 9.83. The molecule has 2 unspecified atom stereocenters. The maximum absolute atomic E-state index is 12.1. The van der Waals surface area contributed by atoms with Gasteiger partial charge in [0.25, 0.3) is 0 Å². The average molecular weight is 280 g/mol. The van der Waals surface area contributed by atoms with Gasteiger partial charge in [0.15, 0.2) is 0 Å². The van der Waals surface area contributed by atoms with E-state index in [0.717, 1.165) is 31.5 Å². The van der Waals surface area contributed by atoms with Gasteiger partial charge in [-0.2, -0.15) is 0 Å². The normalized spacial score (nSPS) is 31.3. The Bertz CT molecular complexity index is 324. The van der Waals surface area contributed by atoms with Crippen LogP contribution in [0, 0.1) is 11.8 Å². The lowest BCUT2D eigenvalue weighted by Crippen LogP contribution is -2.42. The van der Waals surface area contributed by atoms with E-state index in [2.05, 4.69) is 5.32 Å². The highest BCUT2D eigenvalue weighted by Crippen LogP contribution is 2.43. The summed E-state index contributed by atoms with van der Waals surface area (Å²) in [5.41, 5.74) is 0. The molecular formula is C16H28N2O2. The Morgan fingerprint density at radius 2 is 1.90 bits per heavy atom. The highest BCUT2D eigenvalue weighted by Gasteiger charge is 2.34. The summed E-state index contributed by atoms with van der Waals surface area (Å²) in [6, 6.07) is 0.659. The van der Waals surface area contributed by atoms with Gasteiger partial charge in [-0.25, -0.2) is 0 Å². The van der Waals surface area contributed by atoms with Crippen LogP contribution in [-0.2, 0) is 9.53 Å². The third-order valence-electron chi connectivity index (χ3n) is 5.14. The SMILES string of the molecule is O=C(CCNC1CCCC(C2CC2)C1)N1CCOCC1. The van der Waals surface area contributed by atoms with E-state index in [1.54, 1.807) is 0 Å². The van der Waals surface area contributed by atoms with Crippen LogP contribution < -0.4 is 5.32 Å². The number of carbonyl (C=O) groups excluding carboxylic acids is 1. The first kappa shape index (κ1) is 14.3. The number of morpholine rings is 1. The van der Waals surface area contributed by atoms with Gasteiger partial charge in [-0.15, -0.1) is 0 Å². The number of carbonyl (C=O) groups is 1. The predicted octanol–water partition coefficient (Wildman–Crippen LogP) is 1.79. The van der Waals surface area contributed by atoms with Gasteiger partial charge in [0, 0.05) is 32.1 Å². The van der Waals surface area contributed by atoms with Crippen molar-refractivity contribution in [3.63, 3.8) is 0 Å². The molecule has 4 nitrogen and oxygen atoms in total. The molecule has 2 atom stereocenters. The van der Waals surface area contributed by atoms with Crippen molar-refractivity contribution in [2.24, 2.45) is 11.8 Å². The molecule has 1 saturated heterocycles. The Hall–Kier alpha value is -0.610. The molecule has 3 rings (SSSR count). The Labute approximate surface area is 122 Å². The van der Waals surface area contributed by atoms with Crippen molar-refractivity contribution in [2.75, 3.05) is 32.8 Å². The molecule has 1 aliphatic heterocycles. The molecule has 0 aromatic rings. The van der Waals surface area contributed by atoms with Gasteiger partial charge in [-0.1, -0.05) is 12.8 Å². The summed E-state index contributed by atoms with van der Waals surface area (Å²) in [5, 5.41) is 3.63. The second kappa shape index (κ2) is 6.90. The molecule has 0 spiro atoms. The molecule has 3 aliphatic rings. The van der Waals surface area contributed by atoms with Crippen molar-refractivity contribution in [1.82, 2.24) is 10.2 Å². The van der Waals surface area contributed by atoms with Crippen molar-refractivity contribution in [2.45, 2.75) is 51.0 Å². The van der Waals surface area contributed by atoms with Gasteiger partial charge in [0.05, 0.1) is 13.2 Å². The fourth-order valence-electron chi connectivity index (χ4n) is 3.76. The second-order valence-electron chi connectivity index (χ2n) is 6.66. The number of hydrogen-bond donors (Lipinski definition) is 1. The Morgan fingerprint density at radius 3 is 2.65 bits per heavy atom. The van der Waals surface area contributed by atoms with Crippen LogP contribution in [0.5, 0.6) is 0 Å². The maximum Gasteiger partial charge on any atom is 0.224 e. The van der Waals surface area contributed by atoms with Gasteiger partial charge in [-0.3, -0.25) is 4.79 Å². The first-order valence-corrected chi connectivity index (χ1v) is 8.42. The quantitative estimate of drug-likeness (QED) is 0.835. The molecule has 2 saturated carbocycles. The van der Waals surface area contributed by atoms with E-state index < -0.39 is 0 Å². The van der Waals surface area contributed by atoms with E-state index in [1.165, 1.54) is 38.5 Å². The fraction of sp³-hybridized carbons (Fsp3) is 0.938. The number of nitrogens with one attached hydrogen (secondary N) is 1. The van der Waals surface area contributed by atoms with Crippen LogP contribution in [0.4, 0.5) is 0 Å². The standard InChI is InChI=1S/C16H28N2O2/c19-16(18-8-10-20-11-9-18)6-7-17-15-3-1-2-14(12-15)13-4-5-13/h13-15,17H,1-12H2.